The fourth-order valence-corrected chi connectivity index (χ4v) is 2.07. The van der Waals surface area contributed by atoms with E-state index < -0.39 is 0 Å². The van der Waals surface area contributed by atoms with E-state index in [0.29, 0.717) is 17.0 Å². The number of benzene rings is 1. The maximum Gasteiger partial charge on any atom is 0.211 e. The molecular weight excluding hydrogens is 234 g/mol. The maximum atomic E-state index is 5.74. The molecule has 0 fully saturated rings. The molecule has 0 amide bonds. The minimum atomic E-state index is 0.390. The van der Waals surface area contributed by atoms with E-state index in [4.69, 9.17) is 10.3 Å². The molecule has 0 radical (unpaired) electrons. The first kappa shape index (κ1) is 9.31. The van der Waals surface area contributed by atoms with Crippen LogP contribution in [0.3, 0.4) is 0 Å². The molecule has 18 heavy (non-hydrogen) atoms. The molecule has 0 aliphatic rings. The maximum absolute atomic E-state index is 5.74. The Morgan fingerprint density at radius 3 is 3.06 bits per heavy atom. The van der Waals surface area contributed by atoms with Gasteiger partial charge in [0.15, 0.2) is 5.58 Å². The SMILES string of the molecule is NNc1nn2nnnc2c2c1oc1ccccc12. The average Bonchev–Trinajstić information content (AvgIpc) is 3.00. The van der Waals surface area contributed by atoms with Crippen molar-refractivity contribution in [1.82, 2.24) is 25.3 Å². The lowest BCUT2D eigenvalue weighted by Gasteiger charge is -1.99. The smallest absolute Gasteiger partial charge is 0.211 e. The van der Waals surface area contributed by atoms with Crippen LogP contribution in [0.1, 0.15) is 0 Å². The van der Waals surface area contributed by atoms with Gasteiger partial charge < -0.3 is 9.84 Å². The molecule has 8 heteroatoms. The van der Waals surface area contributed by atoms with Crippen LogP contribution in [-0.2, 0) is 0 Å². The van der Waals surface area contributed by atoms with E-state index >= 15 is 0 Å². The monoisotopic (exact) mass is 241 g/mol. The van der Waals surface area contributed by atoms with Crippen molar-refractivity contribution in [2.24, 2.45) is 5.84 Å². The molecule has 8 nitrogen and oxygen atoms in total. The molecule has 0 aliphatic carbocycles. The van der Waals surface area contributed by atoms with Crippen molar-refractivity contribution in [1.29, 1.82) is 0 Å². The van der Waals surface area contributed by atoms with Gasteiger partial charge in [0.1, 0.15) is 5.58 Å². The van der Waals surface area contributed by atoms with Gasteiger partial charge in [-0.3, -0.25) is 0 Å². The fourth-order valence-electron chi connectivity index (χ4n) is 2.07. The number of nitrogens with one attached hydrogen (secondary N) is 1. The zero-order valence-electron chi connectivity index (χ0n) is 9.03. The summed E-state index contributed by atoms with van der Waals surface area (Å²) in [5.41, 5.74) is 4.31. The summed E-state index contributed by atoms with van der Waals surface area (Å²) in [4.78, 5) is 0. The predicted octanol–water partition coefficient (Wildman–Crippen LogP) is 0.704. The van der Waals surface area contributed by atoms with Crippen LogP contribution in [0, 0.1) is 0 Å². The zero-order chi connectivity index (χ0) is 12.1. The Hall–Kier alpha value is -2.74. The second kappa shape index (κ2) is 3.14. The van der Waals surface area contributed by atoms with E-state index in [2.05, 4.69) is 26.0 Å². The molecule has 3 heterocycles. The molecule has 0 aliphatic heterocycles. The molecule has 4 aromatic rings. The van der Waals surface area contributed by atoms with Crippen LogP contribution in [0.5, 0.6) is 0 Å². The molecule has 0 saturated heterocycles. The van der Waals surface area contributed by atoms with E-state index in [0.717, 1.165) is 16.4 Å². The zero-order valence-corrected chi connectivity index (χ0v) is 9.03. The highest BCUT2D eigenvalue weighted by molar-refractivity contribution is 6.14. The molecule has 0 spiro atoms. The predicted molar refractivity (Wildman–Crippen MR) is 63.7 cm³/mol. The van der Waals surface area contributed by atoms with E-state index in [1.54, 1.807) is 0 Å². The third-order valence-electron chi connectivity index (χ3n) is 2.82. The Morgan fingerprint density at radius 1 is 1.28 bits per heavy atom. The van der Waals surface area contributed by atoms with Crippen molar-refractivity contribution in [3.8, 4) is 0 Å². The van der Waals surface area contributed by atoms with Gasteiger partial charge in [0, 0.05) is 5.39 Å². The largest absolute Gasteiger partial charge is 0.452 e. The number of anilines is 1. The fraction of sp³-hybridized carbons (Fsp3) is 0. The number of nitrogens with zero attached hydrogens (tertiary/aromatic N) is 5. The third-order valence-corrected chi connectivity index (χ3v) is 2.82. The van der Waals surface area contributed by atoms with Gasteiger partial charge in [0.25, 0.3) is 0 Å². The van der Waals surface area contributed by atoms with Crippen LogP contribution in [0.2, 0.25) is 0 Å². The Balaban J connectivity index is 2.37. The lowest BCUT2D eigenvalue weighted by molar-refractivity contribution is 0.661. The van der Waals surface area contributed by atoms with Crippen molar-refractivity contribution >= 4 is 33.4 Å². The summed E-state index contributed by atoms with van der Waals surface area (Å²) >= 11 is 0. The molecule has 88 valence electrons. The Labute approximate surface area is 99.3 Å². The van der Waals surface area contributed by atoms with Crippen LogP contribution in [0.4, 0.5) is 5.82 Å². The van der Waals surface area contributed by atoms with Crippen LogP contribution < -0.4 is 11.3 Å². The van der Waals surface area contributed by atoms with E-state index in [1.165, 1.54) is 4.63 Å². The minimum absolute atomic E-state index is 0.390. The van der Waals surface area contributed by atoms with Gasteiger partial charge >= 0.3 is 0 Å². The molecule has 0 bridgehead atoms. The number of tetrazole rings is 1. The van der Waals surface area contributed by atoms with Crippen LogP contribution in [0.25, 0.3) is 27.6 Å². The van der Waals surface area contributed by atoms with Gasteiger partial charge in [-0.25, -0.2) is 5.84 Å². The average molecular weight is 241 g/mol. The van der Waals surface area contributed by atoms with Crippen molar-refractivity contribution in [2.75, 3.05) is 5.43 Å². The van der Waals surface area contributed by atoms with Crippen molar-refractivity contribution in [3.05, 3.63) is 24.3 Å². The normalized spacial score (nSPS) is 11.6. The van der Waals surface area contributed by atoms with Gasteiger partial charge in [-0.1, -0.05) is 18.2 Å². The Bertz CT molecular complexity index is 878. The minimum Gasteiger partial charge on any atom is -0.452 e. The molecule has 3 aromatic heterocycles. The summed E-state index contributed by atoms with van der Waals surface area (Å²) in [6.07, 6.45) is 0. The van der Waals surface area contributed by atoms with E-state index in [-0.39, 0.29) is 0 Å². The standard InChI is InChI=1S/C10H7N7O/c11-12-9-8-7(10-13-15-16-17(10)14-9)5-3-1-2-4-6(5)18-8/h1-4H,11H2,(H,12,14). The number of nitrogens with two attached hydrogens (primary N) is 1. The molecule has 3 N–H and O–H groups in total. The van der Waals surface area contributed by atoms with Crippen LogP contribution in [-0.4, -0.2) is 25.3 Å². The van der Waals surface area contributed by atoms with Crippen molar-refractivity contribution in [3.63, 3.8) is 0 Å². The van der Waals surface area contributed by atoms with E-state index in [1.807, 2.05) is 24.3 Å². The Morgan fingerprint density at radius 2 is 2.17 bits per heavy atom. The summed E-state index contributed by atoms with van der Waals surface area (Å²) < 4.78 is 7.06. The number of nitrogen functional groups attached to an aromatic ring is 1. The summed E-state index contributed by atoms with van der Waals surface area (Å²) in [6, 6.07) is 7.63. The molecular formula is C10H7N7O. The second-order valence-corrected chi connectivity index (χ2v) is 3.79. The highest BCUT2D eigenvalue weighted by atomic mass is 16.3. The van der Waals surface area contributed by atoms with E-state index in [9.17, 15) is 0 Å². The summed E-state index contributed by atoms with van der Waals surface area (Å²) in [6.45, 7) is 0. The van der Waals surface area contributed by atoms with Gasteiger partial charge in [0.2, 0.25) is 11.5 Å². The quantitative estimate of drug-likeness (QED) is 0.373. The first-order chi connectivity index (χ1) is 8.88. The highest BCUT2D eigenvalue weighted by Crippen LogP contribution is 2.33. The van der Waals surface area contributed by atoms with Gasteiger partial charge in [-0.15, -0.1) is 14.8 Å². The highest BCUT2D eigenvalue weighted by Gasteiger charge is 2.17. The van der Waals surface area contributed by atoms with Crippen LogP contribution in [0.15, 0.2) is 28.7 Å². The molecule has 1 aromatic carbocycles. The lowest BCUT2D eigenvalue weighted by atomic mass is 10.2. The summed E-state index contributed by atoms with van der Waals surface area (Å²) in [7, 11) is 0. The van der Waals surface area contributed by atoms with Gasteiger partial charge in [-0.05, 0) is 16.5 Å². The number of fused-ring (bicyclic) bond motifs is 5. The second-order valence-electron chi connectivity index (χ2n) is 3.79. The molecule has 0 atom stereocenters. The van der Waals surface area contributed by atoms with Gasteiger partial charge in [0.05, 0.1) is 5.39 Å². The van der Waals surface area contributed by atoms with Crippen LogP contribution >= 0.6 is 0 Å². The first-order valence-corrected chi connectivity index (χ1v) is 5.25. The lowest BCUT2D eigenvalue weighted by Crippen LogP contribution is -2.11. The summed E-state index contributed by atoms with van der Waals surface area (Å²) in [5.74, 6) is 5.83. The third kappa shape index (κ3) is 1.02. The number of rotatable bonds is 1. The molecule has 0 saturated carbocycles. The van der Waals surface area contributed by atoms with Gasteiger partial charge in [-0.2, -0.15) is 0 Å². The molecule has 0 unspecified atom stereocenters. The number of furan rings is 1. The number of hydrazine groups is 1. The summed E-state index contributed by atoms with van der Waals surface area (Å²) in [5, 5.41) is 17.2. The number of hydrogen-bond acceptors (Lipinski definition) is 7. The molecule has 4 rings (SSSR count). The topological polar surface area (TPSA) is 107 Å². The van der Waals surface area contributed by atoms with Crippen molar-refractivity contribution < 1.29 is 4.42 Å². The number of hydrogen-bond donors (Lipinski definition) is 2. The Kier molecular flexibility index (Phi) is 1.62. The number of para-hydroxylation sites is 1. The first-order valence-electron chi connectivity index (χ1n) is 5.25. The van der Waals surface area contributed by atoms with Crippen molar-refractivity contribution in [2.45, 2.75) is 0 Å². The number of aromatic nitrogens is 5.